The van der Waals surface area contributed by atoms with Gasteiger partial charge in [-0.15, -0.1) is 0 Å². The Hall–Kier alpha value is -2.50. The lowest BCUT2D eigenvalue weighted by atomic mass is 9.97. The number of methoxy groups -OCH3 is 1. The number of aromatic nitrogens is 1. The van der Waals surface area contributed by atoms with Crippen molar-refractivity contribution in [1.82, 2.24) is 10.3 Å². The zero-order valence-corrected chi connectivity index (χ0v) is 15.4. The number of fused-ring (bicyclic) bond motifs is 1. The first kappa shape index (κ1) is 21.8. The Morgan fingerprint density at radius 3 is 2.50 bits per heavy atom. The molecule has 1 unspecified atom stereocenters. The maximum Gasteiger partial charge on any atom is 0.340 e. The van der Waals surface area contributed by atoms with E-state index in [1.807, 2.05) is 24.3 Å². The fourth-order valence-corrected chi connectivity index (χ4v) is 2.84. The van der Waals surface area contributed by atoms with Crippen LogP contribution in [0.5, 0.6) is 0 Å². The van der Waals surface area contributed by atoms with Gasteiger partial charge in [0.15, 0.2) is 6.29 Å². The molecular weight excluding hydrogens is 372 g/mol. The van der Waals surface area contributed by atoms with Gasteiger partial charge < -0.3 is 40.2 Å². The molecule has 0 aliphatic carbocycles. The third-order valence-electron chi connectivity index (χ3n) is 4.26. The van der Waals surface area contributed by atoms with Gasteiger partial charge in [-0.2, -0.15) is 0 Å². The second-order valence-electron chi connectivity index (χ2n) is 6.19. The van der Waals surface area contributed by atoms with Crippen molar-refractivity contribution in [3.8, 4) is 0 Å². The van der Waals surface area contributed by atoms with Gasteiger partial charge in [-0.25, -0.2) is 4.79 Å². The number of amides is 1. The lowest BCUT2D eigenvalue weighted by Crippen LogP contribution is -2.63. The summed E-state index contributed by atoms with van der Waals surface area (Å²) in [5.41, 5.74) is 1.53. The summed E-state index contributed by atoms with van der Waals surface area (Å²) in [6, 6.07) is 6.52. The van der Waals surface area contributed by atoms with Crippen molar-refractivity contribution in [2.24, 2.45) is 0 Å². The molecule has 3 rings (SSSR count). The van der Waals surface area contributed by atoms with Gasteiger partial charge in [0.25, 0.3) is 0 Å². The topological polar surface area (TPSA) is 161 Å². The molecule has 1 amide bonds. The molecule has 1 aromatic heterocycles. The van der Waals surface area contributed by atoms with Crippen LogP contribution in [0.25, 0.3) is 10.9 Å². The SMILES string of the molecule is CC(=O)N[C@H]1C(O)O[C@H](CO)[C@@H](O)[C@@H]1O.COC(=O)c1c[nH]c2ccccc12. The summed E-state index contributed by atoms with van der Waals surface area (Å²) in [6.07, 6.45) is -3.58. The third-order valence-corrected chi connectivity index (χ3v) is 4.26. The van der Waals surface area contributed by atoms with Gasteiger partial charge in [0, 0.05) is 24.0 Å². The number of ether oxygens (including phenoxy) is 2. The molecule has 5 atom stereocenters. The van der Waals surface area contributed by atoms with E-state index < -0.39 is 43.2 Å². The highest BCUT2D eigenvalue weighted by Crippen LogP contribution is 2.19. The number of benzene rings is 1. The summed E-state index contributed by atoms with van der Waals surface area (Å²) in [4.78, 5) is 25.0. The number of aromatic amines is 1. The minimum Gasteiger partial charge on any atom is -0.465 e. The first-order valence-corrected chi connectivity index (χ1v) is 8.52. The van der Waals surface area contributed by atoms with Crippen LogP contribution in [0.4, 0.5) is 0 Å². The molecule has 28 heavy (non-hydrogen) atoms. The van der Waals surface area contributed by atoms with Crippen molar-refractivity contribution in [3.63, 3.8) is 0 Å². The zero-order valence-electron chi connectivity index (χ0n) is 15.4. The van der Waals surface area contributed by atoms with E-state index in [1.54, 1.807) is 6.20 Å². The van der Waals surface area contributed by atoms with Crippen molar-refractivity contribution in [1.29, 1.82) is 0 Å². The summed E-state index contributed by atoms with van der Waals surface area (Å²) in [5.74, 6) is -0.770. The van der Waals surface area contributed by atoms with Crippen molar-refractivity contribution >= 4 is 22.8 Å². The summed E-state index contributed by atoms with van der Waals surface area (Å²) in [7, 11) is 1.38. The van der Waals surface area contributed by atoms with Crippen molar-refractivity contribution in [2.75, 3.05) is 13.7 Å². The molecule has 10 nitrogen and oxygen atoms in total. The Balaban J connectivity index is 0.000000202. The van der Waals surface area contributed by atoms with Crippen molar-refractivity contribution in [3.05, 3.63) is 36.0 Å². The minimum absolute atomic E-state index is 0.308. The zero-order chi connectivity index (χ0) is 20.8. The maximum absolute atomic E-state index is 11.2. The van der Waals surface area contributed by atoms with Crippen LogP contribution in [-0.2, 0) is 14.3 Å². The van der Waals surface area contributed by atoms with Crippen molar-refractivity contribution in [2.45, 2.75) is 37.6 Å². The molecule has 2 heterocycles. The summed E-state index contributed by atoms with van der Waals surface area (Å²) in [5, 5.41) is 40.3. The molecule has 2 aromatic rings. The molecule has 6 N–H and O–H groups in total. The van der Waals surface area contributed by atoms with E-state index in [9.17, 15) is 24.9 Å². The van der Waals surface area contributed by atoms with Crippen LogP contribution < -0.4 is 5.32 Å². The van der Waals surface area contributed by atoms with E-state index in [0.29, 0.717) is 5.56 Å². The van der Waals surface area contributed by atoms with E-state index in [1.165, 1.54) is 14.0 Å². The lowest BCUT2D eigenvalue weighted by Gasteiger charge is -2.40. The van der Waals surface area contributed by atoms with Crippen LogP contribution >= 0.6 is 0 Å². The molecule has 1 saturated heterocycles. The summed E-state index contributed by atoms with van der Waals surface area (Å²) in [6.45, 7) is 0.687. The smallest absolute Gasteiger partial charge is 0.340 e. The number of aliphatic hydroxyl groups is 4. The number of hydrogen-bond acceptors (Lipinski definition) is 8. The van der Waals surface area contributed by atoms with Crippen LogP contribution in [-0.4, -0.2) is 81.6 Å². The van der Waals surface area contributed by atoms with Gasteiger partial charge >= 0.3 is 5.97 Å². The van der Waals surface area contributed by atoms with Gasteiger partial charge in [0.2, 0.25) is 5.91 Å². The molecule has 10 heteroatoms. The van der Waals surface area contributed by atoms with Crippen LogP contribution in [0.3, 0.4) is 0 Å². The minimum atomic E-state index is -1.45. The number of rotatable bonds is 3. The Morgan fingerprint density at radius 2 is 1.89 bits per heavy atom. The van der Waals surface area contributed by atoms with E-state index in [4.69, 9.17) is 9.84 Å². The molecule has 1 aliphatic heterocycles. The molecule has 0 radical (unpaired) electrons. The molecule has 0 saturated carbocycles. The van der Waals surface area contributed by atoms with Gasteiger partial charge in [-0.1, -0.05) is 18.2 Å². The second kappa shape index (κ2) is 9.62. The number of carbonyl (C=O) groups is 2. The quantitative estimate of drug-likeness (QED) is 0.356. The number of carbonyl (C=O) groups excluding carboxylic acids is 2. The molecule has 1 aromatic carbocycles. The molecule has 1 aliphatic rings. The summed E-state index contributed by atoms with van der Waals surface area (Å²) < 4.78 is 9.46. The maximum atomic E-state index is 11.2. The number of H-pyrrole nitrogens is 1. The highest BCUT2D eigenvalue weighted by Gasteiger charge is 2.43. The van der Waals surface area contributed by atoms with Gasteiger partial charge in [0.05, 0.1) is 19.3 Å². The molecule has 1 fully saturated rings. The number of esters is 1. The van der Waals surface area contributed by atoms with E-state index in [2.05, 4.69) is 15.0 Å². The first-order chi connectivity index (χ1) is 13.3. The fourth-order valence-electron chi connectivity index (χ4n) is 2.84. The monoisotopic (exact) mass is 396 g/mol. The second-order valence-corrected chi connectivity index (χ2v) is 6.19. The van der Waals surface area contributed by atoms with E-state index in [0.717, 1.165) is 10.9 Å². The number of nitrogens with one attached hydrogen (secondary N) is 2. The molecular formula is C18H24N2O8. The highest BCUT2D eigenvalue weighted by molar-refractivity contribution is 6.03. The predicted molar refractivity (Wildman–Crippen MR) is 97.2 cm³/mol. The van der Waals surface area contributed by atoms with Crippen LogP contribution in [0, 0.1) is 0 Å². The number of para-hydroxylation sites is 1. The standard InChI is InChI=1S/C10H9NO2.C8H15NO6/c1-13-10(12)8-6-11-9-5-3-2-4-7(8)9;1-3(11)9-5-7(13)6(12)4(2-10)15-8(5)14/h2-6,11H,1H3;4-8,10,12-14H,2H2,1H3,(H,9,11)/t;4-,5-,6-,7-,8?/m.1/s1. The first-order valence-electron chi connectivity index (χ1n) is 8.52. The molecule has 154 valence electrons. The van der Waals surface area contributed by atoms with Gasteiger partial charge in [0.1, 0.15) is 24.4 Å². The molecule has 0 bridgehead atoms. The Kier molecular flexibility index (Phi) is 7.49. The number of aliphatic hydroxyl groups excluding tert-OH is 4. The fraction of sp³-hybridized carbons (Fsp3) is 0.444. The molecule has 0 spiro atoms. The average Bonchev–Trinajstić information content (AvgIpc) is 3.12. The Labute approximate surface area is 160 Å². The van der Waals surface area contributed by atoms with Gasteiger partial charge in [-0.3, -0.25) is 4.79 Å². The van der Waals surface area contributed by atoms with E-state index in [-0.39, 0.29) is 5.97 Å². The average molecular weight is 396 g/mol. The Morgan fingerprint density at radius 1 is 1.21 bits per heavy atom. The normalized spacial score (nSPS) is 26.9. The van der Waals surface area contributed by atoms with Crippen LogP contribution in [0.15, 0.2) is 30.5 Å². The highest BCUT2D eigenvalue weighted by atomic mass is 16.6. The van der Waals surface area contributed by atoms with E-state index >= 15 is 0 Å². The predicted octanol–water partition coefficient (Wildman–Crippen LogP) is -1.12. The summed E-state index contributed by atoms with van der Waals surface area (Å²) >= 11 is 0. The number of hydrogen-bond donors (Lipinski definition) is 6. The van der Waals surface area contributed by atoms with Crippen LogP contribution in [0.2, 0.25) is 0 Å². The van der Waals surface area contributed by atoms with Crippen molar-refractivity contribution < 1.29 is 39.5 Å². The lowest BCUT2D eigenvalue weighted by molar-refractivity contribution is -0.253. The van der Waals surface area contributed by atoms with Gasteiger partial charge in [-0.05, 0) is 6.07 Å². The van der Waals surface area contributed by atoms with Crippen LogP contribution in [0.1, 0.15) is 17.3 Å². The Bertz CT molecular complexity index is 808. The third kappa shape index (κ3) is 4.86. The largest absolute Gasteiger partial charge is 0.465 e.